The van der Waals surface area contributed by atoms with Gasteiger partial charge in [0.15, 0.2) is 0 Å². The van der Waals surface area contributed by atoms with Crippen LogP contribution in [0.4, 0.5) is 0 Å². The molecule has 1 fully saturated rings. The fourth-order valence-electron chi connectivity index (χ4n) is 5.14. The largest absolute Gasteiger partial charge is 0.489 e. The molecule has 3 aromatic rings. The van der Waals surface area contributed by atoms with Crippen LogP contribution in [0.15, 0.2) is 72.8 Å². The highest BCUT2D eigenvalue weighted by Crippen LogP contribution is 2.26. The smallest absolute Gasteiger partial charge is 0.253 e. The first-order valence-corrected chi connectivity index (χ1v) is 12.5. The van der Waals surface area contributed by atoms with E-state index >= 15 is 0 Å². The Morgan fingerprint density at radius 3 is 2.43 bits per heavy atom. The Hall–Kier alpha value is -3.60. The lowest BCUT2D eigenvalue weighted by atomic mass is 9.92. The minimum Gasteiger partial charge on any atom is -0.489 e. The van der Waals surface area contributed by atoms with Crippen molar-refractivity contribution in [2.24, 2.45) is 5.92 Å². The van der Waals surface area contributed by atoms with Gasteiger partial charge in [0.2, 0.25) is 5.91 Å². The van der Waals surface area contributed by atoms with Crippen molar-refractivity contribution in [2.75, 3.05) is 19.6 Å². The van der Waals surface area contributed by atoms with Gasteiger partial charge in [0.1, 0.15) is 12.4 Å². The van der Waals surface area contributed by atoms with Crippen LogP contribution in [0.1, 0.15) is 45.5 Å². The van der Waals surface area contributed by atoms with E-state index in [9.17, 15) is 9.59 Å². The molecular formula is C30H32N2O3. The number of carbonyl (C=O) groups is 2. The maximum absolute atomic E-state index is 13.2. The summed E-state index contributed by atoms with van der Waals surface area (Å²) in [6.45, 7) is 5.22. The van der Waals surface area contributed by atoms with Crippen molar-refractivity contribution < 1.29 is 14.3 Å². The number of hydrogen-bond acceptors (Lipinski definition) is 3. The van der Waals surface area contributed by atoms with Crippen LogP contribution in [-0.4, -0.2) is 41.2 Å². The van der Waals surface area contributed by atoms with E-state index in [0.29, 0.717) is 50.4 Å². The van der Waals surface area contributed by atoms with E-state index in [4.69, 9.17) is 4.74 Å². The number of nitrogens with zero attached hydrogens (tertiary/aromatic N) is 2. The van der Waals surface area contributed by atoms with E-state index in [-0.39, 0.29) is 17.7 Å². The summed E-state index contributed by atoms with van der Waals surface area (Å²) in [5, 5.41) is 0. The van der Waals surface area contributed by atoms with Crippen molar-refractivity contribution in [2.45, 2.75) is 39.3 Å². The van der Waals surface area contributed by atoms with Crippen molar-refractivity contribution in [1.82, 2.24) is 9.80 Å². The fraction of sp³-hybridized carbons (Fsp3) is 0.333. The zero-order valence-corrected chi connectivity index (χ0v) is 20.3. The number of aryl methyl sites for hydroxylation is 1. The van der Waals surface area contributed by atoms with Gasteiger partial charge in [-0.1, -0.05) is 60.2 Å². The molecule has 5 heteroatoms. The van der Waals surface area contributed by atoms with Crippen molar-refractivity contribution in [3.8, 4) is 5.75 Å². The van der Waals surface area contributed by atoms with E-state index in [0.717, 1.165) is 18.5 Å². The number of fused-ring (bicyclic) bond motifs is 1. The molecule has 2 aliphatic heterocycles. The number of ether oxygens (including phenoxy) is 1. The van der Waals surface area contributed by atoms with Crippen LogP contribution in [0.3, 0.4) is 0 Å². The quantitative estimate of drug-likeness (QED) is 0.529. The van der Waals surface area contributed by atoms with E-state index in [1.54, 1.807) is 0 Å². The summed E-state index contributed by atoms with van der Waals surface area (Å²) >= 11 is 0. The number of piperidine rings is 1. The molecule has 180 valence electrons. The molecule has 5 nitrogen and oxygen atoms in total. The number of rotatable bonds is 5. The molecule has 0 N–H and O–H groups in total. The molecule has 0 atom stereocenters. The second-order valence-corrected chi connectivity index (χ2v) is 9.65. The summed E-state index contributed by atoms with van der Waals surface area (Å²) in [6.07, 6.45) is 2.35. The molecule has 2 heterocycles. The summed E-state index contributed by atoms with van der Waals surface area (Å²) in [5.74, 6) is 0.920. The molecule has 0 aromatic heterocycles. The SMILES string of the molecule is Cc1cccc(COc2cccc(C(=O)N3CCC(C(=O)N4CCc5ccccc5C4)CC3)c2)c1. The molecule has 2 aliphatic rings. The number of benzene rings is 3. The highest BCUT2D eigenvalue weighted by atomic mass is 16.5. The summed E-state index contributed by atoms with van der Waals surface area (Å²) in [7, 11) is 0. The summed E-state index contributed by atoms with van der Waals surface area (Å²) in [4.78, 5) is 30.2. The highest BCUT2D eigenvalue weighted by molar-refractivity contribution is 5.94. The van der Waals surface area contributed by atoms with Gasteiger partial charge in [-0.25, -0.2) is 0 Å². The Morgan fingerprint density at radius 2 is 1.63 bits per heavy atom. The molecule has 0 bridgehead atoms. The molecule has 0 unspecified atom stereocenters. The standard InChI is InChI=1S/C30H32N2O3/c1-22-6-4-7-23(18-22)21-35-28-11-5-10-26(19-28)30(34)31-15-13-25(14-16-31)29(33)32-17-12-24-8-2-3-9-27(24)20-32/h2-11,18-19,25H,12-17,20-21H2,1H3. The molecule has 2 amide bonds. The van der Waals surface area contributed by atoms with Crippen molar-refractivity contribution >= 4 is 11.8 Å². The van der Waals surface area contributed by atoms with Crippen LogP contribution in [-0.2, 0) is 24.4 Å². The maximum atomic E-state index is 13.2. The van der Waals surface area contributed by atoms with Gasteiger partial charge in [0, 0.05) is 37.7 Å². The maximum Gasteiger partial charge on any atom is 0.253 e. The number of likely N-dealkylation sites (tertiary alicyclic amines) is 1. The second kappa shape index (κ2) is 10.3. The van der Waals surface area contributed by atoms with Gasteiger partial charge in [-0.3, -0.25) is 9.59 Å². The predicted molar refractivity (Wildman–Crippen MR) is 136 cm³/mol. The topological polar surface area (TPSA) is 49.9 Å². The van der Waals surface area contributed by atoms with E-state index in [1.165, 1.54) is 16.7 Å². The lowest BCUT2D eigenvalue weighted by Gasteiger charge is -2.36. The van der Waals surface area contributed by atoms with Gasteiger partial charge in [-0.15, -0.1) is 0 Å². The normalized spacial score (nSPS) is 16.0. The van der Waals surface area contributed by atoms with Crippen LogP contribution in [0.2, 0.25) is 0 Å². The first-order chi connectivity index (χ1) is 17.1. The predicted octanol–water partition coefficient (Wildman–Crippen LogP) is 5.01. The number of amides is 2. The molecule has 0 aliphatic carbocycles. The Bertz CT molecular complexity index is 1210. The van der Waals surface area contributed by atoms with Crippen LogP contribution in [0, 0.1) is 12.8 Å². The van der Waals surface area contributed by atoms with Gasteiger partial charge >= 0.3 is 0 Å². The second-order valence-electron chi connectivity index (χ2n) is 9.65. The fourth-order valence-corrected chi connectivity index (χ4v) is 5.14. The molecule has 0 saturated carbocycles. The van der Waals surface area contributed by atoms with Crippen molar-refractivity contribution in [1.29, 1.82) is 0 Å². The van der Waals surface area contributed by atoms with E-state index < -0.39 is 0 Å². The minimum absolute atomic E-state index is 0.00352. The third kappa shape index (κ3) is 5.40. The molecule has 35 heavy (non-hydrogen) atoms. The number of carbonyl (C=O) groups excluding carboxylic acids is 2. The van der Waals surface area contributed by atoms with E-state index in [1.807, 2.05) is 52.3 Å². The molecule has 0 radical (unpaired) electrons. The van der Waals surface area contributed by atoms with Crippen LogP contribution in [0.5, 0.6) is 5.75 Å². The van der Waals surface area contributed by atoms with Crippen molar-refractivity contribution in [3.63, 3.8) is 0 Å². The molecule has 5 rings (SSSR count). The van der Waals surface area contributed by atoms with Gasteiger partial charge < -0.3 is 14.5 Å². The van der Waals surface area contributed by atoms with Gasteiger partial charge in [-0.05, 0) is 61.1 Å². The average Bonchev–Trinajstić information content (AvgIpc) is 2.91. The van der Waals surface area contributed by atoms with Gasteiger partial charge in [0.25, 0.3) is 5.91 Å². The Kier molecular flexibility index (Phi) is 6.84. The lowest BCUT2D eigenvalue weighted by Crippen LogP contribution is -2.45. The van der Waals surface area contributed by atoms with Crippen molar-refractivity contribution in [3.05, 3.63) is 101 Å². The summed E-state index contributed by atoms with van der Waals surface area (Å²) < 4.78 is 5.94. The Morgan fingerprint density at radius 1 is 0.857 bits per heavy atom. The Labute approximate surface area is 207 Å². The third-order valence-corrected chi connectivity index (χ3v) is 7.14. The van der Waals surface area contributed by atoms with Crippen LogP contribution >= 0.6 is 0 Å². The first-order valence-electron chi connectivity index (χ1n) is 12.5. The van der Waals surface area contributed by atoms with E-state index in [2.05, 4.69) is 37.3 Å². The van der Waals surface area contributed by atoms with Crippen LogP contribution < -0.4 is 4.74 Å². The average molecular weight is 469 g/mol. The Balaban J connectivity index is 1.15. The highest BCUT2D eigenvalue weighted by Gasteiger charge is 2.32. The molecule has 0 spiro atoms. The molecule has 3 aromatic carbocycles. The first kappa shape index (κ1) is 23.2. The van der Waals surface area contributed by atoms with Gasteiger partial charge in [0.05, 0.1) is 0 Å². The monoisotopic (exact) mass is 468 g/mol. The third-order valence-electron chi connectivity index (χ3n) is 7.14. The summed E-state index contributed by atoms with van der Waals surface area (Å²) in [5.41, 5.74) is 5.53. The number of hydrogen-bond donors (Lipinski definition) is 0. The minimum atomic E-state index is -0.00620. The van der Waals surface area contributed by atoms with Gasteiger partial charge in [-0.2, -0.15) is 0 Å². The zero-order valence-electron chi connectivity index (χ0n) is 20.3. The molecule has 1 saturated heterocycles. The lowest BCUT2D eigenvalue weighted by molar-refractivity contribution is -0.137. The zero-order chi connectivity index (χ0) is 24.2. The van der Waals surface area contributed by atoms with Crippen LogP contribution in [0.25, 0.3) is 0 Å². The summed E-state index contributed by atoms with van der Waals surface area (Å²) in [6, 6.07) is 24.0. The molecular weight excluding hydrogens is 436 g/mol.